The molecule has 9 nitrogen and oxygen atoms in total. The number of fused-ring (bicyclic) bond motifs is 7. The second-order valence-electron chi connectivity index (χ2n) is 20.6. The van der Waals surface area contributed by atoms with E-state index in [0.717, 1.165) is 68.3 Å². The predicted molar refractivity (Wildman–Crippen MR) is 214 cm³/mol. The third-order valence-electron chi connectivity index (χ3n) is 16.7. The summed E-state index contributed by atoms with van der Waals surface area (Å²) in [6.07, 6.45) is 7.76. The molecule has 0 radical (unpaired) electrons. The van der Waals surface area contributed by atoms with Crippen molar-refractivity contribution in [1.29, 1.82) is 0 Å². The van der Waals surface area contributed by atoms with Crippen molar-refractivity contribution in [2.24, 2.45) is 50.7 Å². The van der Waals surface area contributed by atoms with Crippen LogP contribution in [0, 0.1) is 56.6 Å². The number of esters is 1. The minimum Gasteiger partial charge on any atom is -0.481 e. The molecule has 0 bridgehead atoms. The van der Waals surface area contributed by atoms with Gasteiger partial charge in [-0.15, -0.1) is 10.2 Å². The molecule has 10 heteroatoms. The number of halogens is 1. The van der Waals surface area contributed by atoms with Crippen molar-refractivity contribution >= 4 is 17.7 Å². The summed E-state index contributed by atoms with van der Waals surface area (Å²) < 4.78 is 22.4. The van der Waals surface area contributed by atoms with Gasteiger partial charge in [-0.05, 0) is 148 Å². The molecule has 0 unspecified atom stereocenters. The number of carboxylic acid groups (broad SMARTS) is 1. The predicted octanol–water partition coefficient (Wildman–Crippen LogP) is 8.95. The summed E-state index contributed by atoms with van der Waals surface area (Å²) in [6, 6.07) is 6.47. The monoisotopic (exact) mass is 772 g/mol. The van der Waals surface area contributed by atoms with E-state index in [9.17, 15) is 23.9 Å². The Balaban J connectivity index is 1.24. The van der Waals surface area contributed by atoms with Crippen LogP contribution in [0.1, 0.15) is 132 Å². The fraction of sp³-hybridized carbons (Fsp3) is 0.717. The van der Waals surface area contributed by atoms with Gasteiger partial charge in [0.15, 0.2) is 11.6 Å². The number of rotatable bonds is 10. The molecule has 1 aromatic carbocycles. The van der Waals surface area contributed by atoms with Crippen molar-refractivity contribution in [2.75, 3.05) is 13.6 Å². The van der Waals surface area contributed by atoms with Crippen molar-refractivity contribution in [3.63, 3.8) is 0 Å². The summed E-state index contributed by atoms with van der Waals surface area (Å²) >= 11 is 0. The lowest BCUT2D eigenvalue weighted by Crippen LogP contribution is -2.66. The maximum absolute atomic E-state index is 14.4. The van der Waals surface area contributed by atoms with Crippen LogP contribution < -0.4 is 5.32 Å². The van der Waals surface area contributed by atoms with Gasteiger partial charge in [-0.2, -0.15) is 0 Å². The van der Waals surface area contributed by atoms with Crippen molar-refractivity contribution in [3.05, 3.63) is 47.1 Å². The highest BCUT2D eigenvalue weighted by Crippen LogP contribution is 2.76. The summed E-state index contributed by atoms with van der Waals surface area (Å²) in [5.41, 5.74) is 1.19. The van der Waals surface area contributed by atoms with Gasteiger partial charge in [0, 0.05) is 30.5 Å². The minimum absolute atomic E-state index is 0.0260. The molecule has 8 atom stereocenters. The Hall–Kier alpha value is -3.40. The van der Waals surface area contributed by atoms with Crippen LogP contribution in [0.25, 0.3) is 11.4 Å². The molecule has 1 heterocycles. The van der Waals surface area contributed by atoms with Crippen molar-refractivity contribution in [2.45, 2.75) is 145 Å². The van der Waals surface area contributed by atoms with E-state index < -0.39 is 22.8 Å². The Bertz CT molecular complexity index is 1930. The van der Waals surface area contributed by atoms with Gasteiger partial charge in [-0.1, -0.05) is 48.5 Å². The van der Waals surface area contributed by atoms with Gasteiger partial charge >= 0.3 is 11.9 Å². The average Bonchev–Trinajstić information content (AvgIpc) is 3.68. The highest BCUT2D eigenvalue weighted by atomic mass is 19.1. The van der Waals surface area contributed by atoms with E-state index in [0.29, 0.717) is 37.2 Å². The molecule has 0 spiro atoms. The number of nitrogens with one attached hydrogen (secondary N) is 1. The lowest BCUT2D eigenvalue weighted by atomic mass is 9.33. The maximum Gasteiger partial charge on any atom is 0.309 e. The molecular formula is C46H65FN4O5. The van der Waals surface area contributed by atoms with E-state index in [1.165, 1.54) is 17.7 Å². The first-order chi connectivity index (χ1) is 26.2. The van der Waals surface area contributed by atoms with Gasteiger partial charge in [-0.25, -0.2) is 4.39 Å². The Labute approximate surface area is 333 Å². The first-order valence-electron chi connectivity index (χ1n) is 21.2. The number of nitrogens with zero attached hydrogens (tertiary/aromatic N) is 3. The molecule has 4 fully saturated rings. The largest absolute Gasteiger partial charge is 0.481 e. The van der Waals surface area contributed by atoms with E-state index in [1.54, 1.807) is 26.0 Å². The molecule has 56 heavy (non-hydrogen) atoms. The summed E-state index contributed by atoms with van der Waals surface area (Å²) in [5, 5.41) is 22.7. The summed E-state index contributed by atoms with van der Waals surface area (Å²) in [7, 11) is 1.94. The van der Waals surface area contributed by atoms with Gasteiger partial charge in [0.05, 0.1) is 17.3 Å². The number of carboxylic acids is 1. The van der Waals surface area contributed by atoms with E-state index >= 15 is 0 Å². The number of aliphatic carboxylic acids is 1. The molecular weight excluding hydrogens is 708 g/mol. The fourth-order valence-electron chi connectivity index (χ4n) is 13.6. The zero-order valence-corrected chi connectivity index (χ0v) is 35.5. The van der Waals surface area contributed by atoms with Gasteiger partial charge in [-0.3, -0.25) is 14.4 Å². The zero-order valence-electron chi connectivity index (χ0n) is 35.5. The summed E-state index contributed by atoms with van der Waals surface area (Å²) in [6.45, 7) is 21.0. The molecule has 2 aromatic rings. The Morgan fingerprint density at radius 1 is 0.964 bits per heavy atom. The van der Waals surface area contributed by atoms with Crippen molar-refractivity contribution in [3.8, 4) is 11.4 Å². The van der Waals surface area contributed by atoms with E-state index in [1.807, 2.05) is 7.05 Å². The van der Waals surface area contributed by atoms with Crippen molar-refractivity contribution < 1.29 is 28.6 Å². The molecule has 5 aliphatic rings. The summed E-state index contributed by atoms with van der Waals surface area (Å²) in [4.78, 5) is 39.4. The van der Waals surface area contributed by atoms with Gasteiger partial charge in [0.1, 0.15) is 17.7 Å². The molecule has 0 saturated heterocycles. The highest BCUT2D eigenvalue weighted by Gasteiger charge is 2.71. The highest BCUT2D eigenvalue weighted by molar-refractivity contribution is 6.01. The normalized spacial score (nSPS) is 35.1. The number of hydrogen-bond donors (Lipinski definition) is 2. The lowest BCUT2D eigenvalue weighted by molar-refractivity contribution is -0.232. The van der Waals surface area contributed by atoms with Crippen LogP contribution in [0.5, 0.6) is 0 Å². The van der Waals surface area contributed by atoms with Crippen LogP contribution in [-0.4, -0.2) is 57.3 Å². The number of Topliss-reactive ketones (excluding diaryl/α,β-unsaturated/α-hetero) is 1. The molecule has 5 aliphatic carbocycles. The first-order valence-corrected chi connectivity index (χ1v) is 21.2. The lowest BCUT2D eigenvalue weighted by Gasteiger charge is -2.72. The smallest absolute Gasteiger partial charge is 0.309 e. The van der Waals surface area contributed by atoms with Gasteiger partial charge in [0.2, 0.25) is 0 Å². The summed E-state index contributed by atoms with van der Waals surface area (Å²) in [5.74, 6) is 1.25. The Morgan fingerprint density at radius 3 is 2.30 bits per heavy atom. The number of allylic oxidation sites excluding steroid dienone is 2. The van der Waals surface area contributed by atoms with Crippen LogP contribution in [0.4, 0.5) is 4.39 Å². The molecule has 0 aliphatic heterocycles. The van der Waals surface area contributed by atoms with Gasteiger partial charge < -0.3 is 19.7 Å². The number of benzene rings is 1. The number of carbonyl (C=O) groups is 3. The number of aromatic nitrogens is 3. The molecule has 306 valence electrons. The molecule has 7 rings (SSSR count). The quantitative estimate of drug-likeness (QED) is 0.230. The van der Waals surface area contributed by atoms with Crippen LogP contribution in [0.2, 0.25) is 0 Å². The molecule has 1 aromatic heterocycles. The van der Waals surface area contributed by atoms with Crippen LogP contribution in [0.15, 0.2) is 35.4 Å². The Kier molecular flexibility index (Phi) is 10.1. The second kappa shape index (κ2) is 13.9. The van der Waals surface area contributed by atoms with E-state index in [-0.39, 0.29) is 57.6 Å². The number of carbonyl (C=O) groups excluding carboxylic acids is 2. The van der Waals surface area contributed by atoms with Gasteiger partial charge in [0.25, 0.3) is 0 Å². The minimum atomic E-state index is -1.18. The zero-order chi connectivity index (χ0) is 40.8. The Morgan fingerprint density at radius 2 is 1.66 bits per heavy atom. The fourth-order valence-corrected chi connectivity index (χ4v) is 13.6. The van der Waals surface area contributed by atoms with E-state index in [2.05, 4.69) is 58.4 Å². The van der Waals surface area contributed by atoms with Crippen LogP contribution >= 0.6 is 0 Å². The third kappa shape index (κ3) is 5.95. The van der Waals surface area contributed by atoms with E-state index in [4.69, 9.17) is 14.9 Å². The molecule has 2 N–H and O–H groups in total. The number of ether oxygens (including phenoxy) is 1. The molecule has 4 saturated carbocycles. The average molecular weight is 773 g/mol. The SMILES string of the molecule is CNCCn1c(-c2ccc(F)cc2)nnc1[C@@]12CC[C@]3(C)[C@H](CC[C@@H]4[C@@]5(C)CC[C@H](OC(=O)CC(C)(C)C(=O)O)C(C)(C)[C@@H]5CC[C@]43C)C1=C(C(C)C)C(=O)C2. The van der Waals surface area contributed by atoms with Crippen LogP contribution in [0.3, 0.4) is 0 Å². The molecule has 0 amide bonds. The standard InChI is InChI=1S/C46H65FN4O5/c1-27(2)36-31(52)25-46(39-50-49-38(51(39)24-23-48-10)28-11-13-29(47)14-12-28)22-21-44(8)30(37(36)46)15-16-33-43(7)19-18-34(56-35(53)26-41(3,4)40(54)55)42(5,6)32(43)17-20-45(33,44)9/h11-14,27,30,32-34,48H,15-26H2,1-10H3,(H,54,55)/t30-,32+,33-,34+,43+,44-,45-,46-/m1/s1. The third-order valence-corrected chi connectivity index (χ3v) is 16.7. The number of ketones is 1. The number of likely N-dealkylation sites (N-methyl/N-ethyl adjacent to an activating group) is 1. The van der Waals surface area contributed by atoms with Crippen molar-refractivity contribution in [1.82, 2.24) is 20.1 Å². The van der Waals surface area contributed by atoms with Crippen LogP contribution in [-0.2, 0) is 31.1 Å². The second-order valence-corrected chi connectivity index (χ2v) is 20.6. The topological polar surface area (TPSA) is 123 Å². The number of hydrogen-bond acceptors (Lipinski definition) is 7. The first kappa shape index (κ1) is 40.8. The maximum atomic E-state index is 14.4.